The fraction of sp³-hybridized carbons (Fsp3) is 0.182. The molecule has 0 aliphatic heterocycles. The van der Waals surface area contributed by atoms with Gasteiger partial charge in [0.25, 0.3) is 0 Å². The van der Waals surface area contributed by atoms with Gasteiger partial charge in [-0.3, -0.25) is 0 Å². The fourth-order valence-electron chi connectivity index (χ4n) is 3.07. The van der Waals surface area contributed by atoms with Crippen molar-refractivity contribution in [1.29, 1.82) is 0 Å². The molecule has 0 fully saturated rings. The van der Waals surface area contributed by atoms with Gasteiger partial charge in [-0.25, -0.2) is 14.5 Å². The summed E-state index contributed by atoms with van der Waals surface area (Å²) in [6, 6.07) is 12.6. The number of carbonyl (C=O) groups is 1. The number of rotatable bonds is 6. The molecule has 0 aliphatic carbocycles. The van der Waals surface area contributed by atoms with Crippen LogP contribution in [0.2, 0.25) is 5.02 Å². The molecule has 32 heavy (non-hydrogen) atoms. The van der Waals surface area contributed by atoms with Crippen molar-refractivity contribution in [2.75, 3.05) is 7.11 Å². The van der Waals surface area contributed by atoms with Crippen LogP contribution in [-0.4, -0.2) is 33.1 Å². The summed E-state index contributed by atoms with van der Waals surface area (Å²) in [5, 5.41) is 8.63. The van der Waals surface area contributed by atoms with Gasteiger partial charge >= 0.3 is 5.97 Å². The predicted molar refractivity (Wildman–Crippen MR) is 121 cm³/mol. The molecule has 164 valence electrons. The molecule has 2 heterocycles. The number of ether oxygens (including phenoxy) is 2. The van der Waals surface area contributed by atoms with Crippen molar-refractivity contribution in [3.05, 3.63) is 74.8 Å². The van der Waals surface area contributed by atoms with Crippen LogP contribution in [-0.2, 0) is 11.3 Å². The number of nitrogens with zero attached hydrogens (tertiary/aromatic N) is 4. The van der Waals surface area contributed by atoms with Gasteiger partial charge in [0, 0.05) is 9.50 Å². The minimum absolute atomic E-state index is 0.0717. The van der Waals surface area contributed by atoms with E-state index in [0.717, 1.165) is 10.2 Å². The average Bonchev–Trinajstić information content (AvgIpc) is 3.35. The highest BCUT2D eigenvalue weighted by Gasteiger charge is 2.21. The molecule has 0 N–H and O–H groups in total. The number of hydrogen-bond donors (Lipinski definition) is 0. The van der Waals surface area contributed by atoms with Gasteiger partial charge in [0.1, 0.15) is 23.8 Å². The molecule has 4 rings (SSSR count). The lowest BCUT2D eigenvalue weighted by Crippen LogP contribution is -2.09. The van der Waals surface area contributed by atoms with Gasteiger partial charge < -0.3 is 13.9 Å². The maximum absolute atomic E-state index is 12.6. The van der Waals surface area contributed by atoms with E-state index in [4.69, 9.17) is 25.5 Å². The SMILES string of the molecule is COc1ccc(Br)cc1-c1nc(COC(=O)c2nnn(-c3ccc(Cl)cc3)c2C)c(C)o1. The summed E-state index contributed by atoms with van der Waals surface area (Å²) in [6.45, 7) is 3.42. The number of methoxy groups -OCH3 is 1. The highest BCUT2D eigenvalue weighted by molar-refractivity contribution is 9.10. The highest BCUT2D eigenvalue weighted by atomic mass is 79.9. The topological polar surface area (TPSA) is 92.3 Å². The van der Waals surface area contributed by atoms with Gasteiger partial charge in [-0.2, -0.15) is 0 Å². The number of benzene rings is 2. The zero-order valence-corrected chi connectivity index (χ0v) is 19.8. The number of aryl methyl sites for hydroxylation is 1. The molecule has 2 aromatic carbocycles. The maximum atomic E-state index is 12.6. The Kier molecular flexibility index (Phi) is 6.29. The predicted octanol–water partition coefficient (Wildman–Crippen LogP) is 5.32. The van der Waals surface area contributed by atoms with Crippen LogP contribution < -0.4 is 4.74 Å². The number of aromatic nitrogens is 4. The Morgan fingerprint density at radius 3 is 2.66 bits per heavy atom. The Bertz CT molecular complexity index is 1280. The van der Waals surface area contributed by atoms with Crippen LogP contribution in [0.1, 0.15) is 27.6 Å². The van der Waals surface area contributed by atoms with Crippen molar-refractivity contribution in [2.24, 2.45) is 0 Å². The van der Waals surface area contributed by atoms with Gasteiger partial charge in [0.2, 0.25) is 5.89 Å². The zero-order chi connectivity index (χ0) is 22.8. The van der Waals surface area contributed by atoms with E-state index < -0.39 is 5.97 Å². The summed E-state index contributed by atoms with van der Waals surface area (Å²) < 4.78 is 19.0. The Morgan fingerprint density at radius 1 is 1.19 bits per heavy atom. The van der Waals surface area contributed by atoms with E-state index in [1.54, 1.807) is 49.9 Å². The maximum Gasteiger partial charge on any atom is 0.361 e. The number of esters is 1. The lowest BCUT2D eigenvalue weighted by molar-refractivity contribution is 0.0459. The summed E-state index contributed by atoms with van der Waals surface area (Å²) >= 11 is 9.37. The van der Waals surface area contributed by atoms with Gasteiger partial charge in [-0.15, -0.1) is 5.10 Å². The standard InChI is InChI=1S/C22H18BrClN4O4/c1-12-20(26-27-28(12)16-7-5-15(24)6-8-16)22(29)31-11-18-13(2)32-21(25-18)17-10-14(23)4-9-19(17)30-3/h4-10H,11H2,1-3H3. The Morgan fingerprint density at radius 2 is 1.94 bits per heavy atom. The summed E-state index contributed by atoms with van der Waals surface area (Å²) in [6.07, 6.45) is 0. The van der Waals surface area contributed by atoms with Crippen LogP contribution in [0.3, 0.4) is 0 Å². The quantitative estimate of drug-likeness (QED) is 0.320. The molecule has 0 spiro atoms. The first-order chi connectivity index (χ1) is 15.4. The van der Waals surface area contributed by atoms with Crippen LogP contribution in [0, 0.1) is 13.8 Å². The van der Waals surface area contributed by atoms with E-state index in [0.29, 0.717) is 39.4 Å². The van der Waals surface area contributed by atoms with E-state index in [2.05, 4.69) is 31.2 Å². The van der Waals surface area contributed by atoms with Crippen LogP contribution in [0.25, 0.3) is 17.1 Å². The molecule has 2 aromatic heterocycles. The third-order valence-corrected chi connectivity index (χ3v) is 5.53. The van der Waals surface area contributed by atoms with E-state index in [1.807, 2.05) is 18.2 Å². The number of oxazole rings is 1. The van der Waals surface area contributed by atoms with Gasteiger partial charge in [-0.05, 0) is 56.3 Å². The molecule has 0 aliphatic rings. The molecule has 4 aromatic rings. The van der Waals surface area contributed by atoms with Crippen molar-refractivity contribution < 1.29 is 18.7 Å². The number of carbonyl (C=O) groups excluding carboxylic acids is 1. The summed E-state index contributed by atoms with van der Waals surface area (Å²) in [7, 11) is 1.57. The fourth-order valence-corrected chi connectivity index (χ4v) is 3.56. The second kappa shape index (κ2) is 9.13. The second-order valence-corrected chi connectivity index (χ2v) is 8.21. The summed E-state index contributed by atoms with van der Waals surface area (Å²) in [5.41, 5.74) is 2.59. The minimum Gasteiger partial charge on any atom is -0.496 e. The first-order valence-electron chi connectivity index (χ1n) is 9.53. The molecule has 0 saturated heterocycles. The van der Waals surface area contributed by atoms with Crippen molar-refractivity contribution >= 4 is 33.5 Å². The molecule has 0 radical (unpaired) electrons. The molecule has 8 nitrogen and oxygen atoms in total. The Labute approximate surface area is 197 Å². The van der Waals surface area contributed by atoms with E-state index >= 15 is 0 Å². The second-order valence-electron chi connectivity index (χ2n) is 6.85. The van der Waals surface area contributed by atoms with Crippen molar-refractivity contribution in [3.63, 3.8) is 0 Å². The Balaban J connectivity index is 1.51. The van der Waals surface area contributed by atoms with Gasteiger partial charge in [0.05, 0.1) is 24.1 Å². The minimum atomic E-state index is -0.605. The van der Waals surface area contributed by atoms with Crippen molar-refractivity contribution in [3.8, 4) is 22.9 Å². The normalized spacial score (nSPS) is 10.9. The molecule has 0 amide bonds. The molecule has 0 atom stereocenters. The molecule has 10 heteroatoms. The molecule has 0 bridgehead atoms. The zero-order valence-electron chi connectivity index (χ0n) is 17.4. The van der Waals surface area contributed by atoms with E-state index in [1.165, 1.54) is 0 Å². The van der Waals surface area contributed by atoms with Crippen LogP contribution in [0.5, 0.6) is 5.75 Å². The largest absolute Gasteiger partial charge is 0.496 e. The Hall–Kier alpha value is -3.17. The lowest BCUT2D eigenvalue weighted by atomic mass is 10.2. The lowest BCUT2D eigenvalue weighted by Gasteiger charge is -2.05. The molecule has 0 unspecified atom stereocenters. The summed E-state index contributed by atoms with van der Waals surface area (Å²) in [5.74, 6) is 0.923. The van der Waals surface area contributed by atoms with Crippen LogP contribution in [0.4, 0.5) is 0 Å². The van der Waals surface area contributed by atoms with E-state index in [9.17, 15) is 4.79 Å². The van der Waals surface area contributed by atoms with Crippen molar-refractivity contribution in [2.45, 2.75) is 20.5 Å². The van der Waals surface area contributed by atoms with Crippen LogP contribution in [0.15, 0.2) is 51.4 Å². The first-order valence-corrected chi connectivity index (χ1v) is 10.7. The summed E-state index contributed by atoms with van der Waals surface area (Å²) in [4.78, 5) is 17.1. The number of hydrogen-bond acceptors (Lipinski definition) is 7. The monoisotopic (exact) mass is 516 g/mol. The van der Waals surface area contributed by atoms with Gasteiger partial charge in [0.15, 0.2) is 5.69 Å². The van der Waals surface area contributed by atoms with E-state index in [-0.39, 0.29) is 12.3 Å². The molecular formula is C22H18BrClN4O4. The molecule has 0 saturated carbocycles. The van der Waals surface area contributed by atoms with Crippen LogP contribution >= 0.6 is 27.5 Å². The third-order valence-electron chi connectivity index (χ3n) is 4.78. The smallest absolute Gasteiger partial charge is 0.361 e. The van der Waals surface area contributed by atoms with Crippen molar-refractivity contribution in [1.82, 2.24) is 20.0 Å². The number of halogens is 2. The highest BCUT2D eigenvalue weighted by Crippen LogP contribution is 2.33. The first kappa shape index (κ1) is 22.0. The average molecular weight is 518 g/mol. The molecular weight excluding hydrogens is 500 g/mol. The third kappa shape index (κ3) is 4.39. The van der Waals surface area contributed by atoms with Gasteiger partial charge in [-0.1, -0.05) is 32.7 Å².